The molecule has 3 aromatic rings. The fourth-order valence-corrected chi connectivity index (χ4v) is 3.26. The van der Waals surface area contributed by atoms with Gasteiger partial charge in [0, 0.05) is 32.7 Å². The Labute approximate surface area is 157 Å². The van der Waals surface area contributed by atoms with Gasteiger partial charge in [-0.1, -0.05) is 12.1 Å². The summed E-state index contributed by atoms with van der Waals surface area (Å²) in [4.78, 5) is 16.5. The third-order valence-corrected chi connectivity index (χ3v) is 5.58. The van der Waals surface area contributed by atoms with E-state index in [4.69, 9.17) is 4.74 Å². The first-order valence-corrected chi connectivity index (χ1v) is 9.46. The number of esters is 1. The number of carbonyl (C=O) groups excluding carboxylic acids is 1. The Balaban J connectivity index is 1.67. The normalized spacial score (nSPS) is 11.5. The summed E-state index contributed by atoms with van der Waals surface area (Å²) in [5, 5.41) is 4.06. The topological polar surface area (TPSA) is 94.4 Å². The molecule has 0 amide bonds. The van der Waals surface area contributed by atoms with Gasteiger partial charge in [0.2, 0.25) is 10.0 Å². The minimum atomic E-state index is -3.54. The zero-order valence-electron chi connectivity index (χ0n) is 14.8. The van der Waals surface area contributed by atoms with Crippen LogP contribution < -0.4 is 0 Å². The van der Waals surface area contributed by atoms with Crippen molar-refractivity contribution in [1.82, 2.24) is 19.1 Å². The summed E-state index contributed by atoms with van der Waals surface area (Å²) in [6.07, 6.45) is 4.79. The molecule has 0 aliphatic rings. The third-order valence-electron chi connectivity index (χ3n) is 3.77. The maximum atomic E-state index is 12.2. The largest absolute Gasteiger partial charge is 0.457 e. The van der Waals surface area contributed by atoms with Crippen molar-refractivity contribution in [2.75, 3.05) is 14.1 Å². The van der Waals surface area contributed by atoms with Crippen LogP contribution in [0.5, 0.6) is 0 Å². The minimum absolute atomic E-state index is 0.0451. The second kappa shape index (κ2) is 7.68. The molecule has 9 heteroatoms. The van der Waals surface area contributed by atoms with Gasteiger partial charge >= 0.3 is 5.97 Å². The van der Waals surface area contributed by atoms with Crippen LogP contribution in [-0.2, 0) is 21.4 Å². The molecular formula is C18H18N4O4S. The Morgan fingerprint density at radius 2 is 2.00 bits per heavy atom. The van der Waals surface area contributed by atoms with E-state index in [1.807, 2.05) is 0 Å². The number of hydrogen-bond acceptors (Lipinski definition) is 6. The number of carbonyl (C=O) groups is 1. The van der Waals surface area contributed by atoms with E-state index in [2.05, 4.69) is 10.1 Å². The summed E-state index contributed by atoms with van der Waals surface area (Å²) in [6.45, 7) is -0.0451. The molecule has 0 aliphatic heterocycles. The molecular weight excluding hydrogens is 368 g/mol. The summed E-state index contributed by atoms with van der Waals surface area (Å²) in [5.74, 6) is 0.0357. The van der Waals surface area contributed by atoms with Gasteiger partial charge in [0.1, 0.15) is 6.61 Å². The summed E-state index contributed by atoms with van der Waals surface area (Å²) >= 11 is 0. The Morgan fingerprint density at radius 3 is 2.63 bits per heavy atom. The molecule has 8 nitrogen and oxygen atoms in total. The van der Waals surface area contributed by atoms with Gasteiger partial charge in [0.15, 0.2) is 5.82 Å². The van der Waals surface area contributed by atoms with Gasteiger partial charge in [0.05, 0.1) is 10.5 Å². The van der Waals surface area contributed by atoms with Crippen LogP contribution in [0.2, 0.25) is 0 Å². The highest BCUT2D eigenvalue weighted by Gasteiger charge is 2.17. The first-order valence-electron chi connectivity index (χ1n) is 8.02. The van der Waals surface area contributed by atoms with Crippen molar-refractivity contribution in [2.45, 2.75) is 11.5 Å². The van der Waals surface area contributed by atoms with Crippen LogP contribution in [0, 0.1) is 0 Å². The van der Waals surface area contributed by atoms with Gasteiger partial charge in [-0.05, 0) is 35.9 Å². The van der Waals surface area contributed by atoms with E-state index in [1.165, 1.54) is 32.4 Å². The van der Waals surface area contributed by atoms with E-state index in [0.717, 1.165) is 4.31 Å². The van der Waals surface area contributed by atoms with E-state index >= 15 is 0 Å². The summed E-state index contributed by atoms with van der Waals surface area (Å²) in [7, 11) is -0.621. The molecule has 0 unspecified atom stereocenters. The molecule has 0 radical (unpaired) electrons. The number of sulfonamides is 1. The molecule has 0 N–H and O–H groups in total. The molecule has 1 aromatic carbocycles. The minimum Gasteiger partial charge on any atom is -0.457 e. The SMILES string of the molecule is CN(C)S(=O)(=O)c1cccc(COC(=O)c2ccc(-n3cccn3)nc2)c1. The van der Waals surface area contributed by atoms with E-state index in [0.29, 0.717) is 16.9 Å². The van der Waals surface area contributed by atoms with Gasteiger partial charge in [-0.15, -0.1) is 0 Å². The molecule has 0 aliphatic carbocycles. The first-order chi connectivity index (χ1) is 12.9. The molecule has 0 saturated heterocycles. The van der Waals surface area contributed by atoms with Crippen LogP contribution in [0.15, 0.2) is 66.0 Å². The van der Waals surface area contributed by atoms with Gasteiger partial charge in [0.25, 0.3) is 0 Å². The molecule has 27 heavy (non-hydrogen) atoms. The standard InChI is InChI=1S/C18H18N4O4S/c1-21(2)27(24,25)16-6-3-5-14(11-16)13-26-18(23)15-7-8-17(19-12-15)22-10-4-9-20-22/h3-12H,13H2,1-2H3. The average molecular weight is 386 g/mol. The molecule has 0 bridgehead atoms. The van der Waals surface area contributed by atoms with Crippen LogP contribution in [0.3, 0.4) is 0 Å². The zero-order chi connectivity index (χ0) is 19.4. The molecule has 2 heterocycles. The zero-order valence-corrected chi connectivity index (χ0v) is 15.6. The molecule has 2 aromatic heterocycles. The highest BCUT2D eigenvalue weighted by molar-refractivity contribution is 7.89. The molecule has 0 fully saturated rings. The molecule has 140 valence electrons. The van der Waals surface area contributed by atoms with Crippen molar-refractivity contribution in [2.24, 2.45) is 0 Å². The van der Waals surface area contributed by atoms with Gasteiger partial charge < -0.3 is 4.74 Å². The van der Waals surface area contributed by atoms with E-state index in [-0.39, 0.29) is 11.5 Å². The molecule has 0 atom stereocenters. The predicted octanol–water partition coefficient (Wildman–Crippen LogP) is 1.87. The number of nitrogens with zero attached hydrogens (tertiary/aromatic N) is 4. The first kappa shape index (κ1) is 18.7. The Bertz CT molecular complexity index is 1030. The monoisotopic (exact) mass is 386 g/mol. The Morgan fingerprint density at radius 1 is 1.19 bits per heavy atom. The number of benzene rings is 1. The van der Waals surface area contributed by atoms with E-state index in [1.54, 1.807) is 47.4 Å². The lowest BCUT2D eigenvalue weighted by Crippen LogP contribution is -2.22. The fraction of sp³-hybridized carbons (Fsp3) is 0.167. The lowest BCUT2D eigenvalue weighted by atomic mass is 10.2. The Hall–Kier alpha value is -3.04. The van der Waals surface area contributed by atoms with Crippen molar-refractivity contribution in [1.29, 1.82) is 0 Å². The quantitative estimate of drug-likeness (QED) is 0.601. The molecule has 3 rings (SSSR count). The lowest BCUT2D eigenvalue weighted by Gasteiger charge is -2.12. The Kier molecular flexibility index (Phi) is 5.33. The van der Waals surface area contributed by atoms with Crippen molar-refractivity contribution >= 4 is 16.0 Å². The van der Waals surface area contributed by atoms with Crippen LogP contribution in [0.25, 0.3) is 5.82 Å². The summed E-state index contributed by atoms with van der Waals surface area (Å²) in [6, 6.07) is 11.3. The third kappa shape index (κ3) is 4.21. The van der Waals surface area contributed by atoms with Crippen molar-refractivity contribution in [3.05, 3.63) is 72.2 Å². The van der Waals surface area contributed by atoms with E-state index < -0.39 is 16.0 Å². The highest BCUT2D eigenvalue weighted by Crippen LogP contribution is 2.16. The number of pyridine rings is 1. The van der Waals surface area contributed by atoms with Crippen LogP contribution in [-0.4, -0.2) is 47.6 Å². The summed E-state index contributed by atoms with van der Waals surface area (Å²) in [5.41, 5.74) is 0.871. The van der Waals surface area contributed by atoms with Gasteiger partial charge in [-0.2, -0.15) is 5.10 Å². The van der Waals surface area contributed by atoms with Gasteiger partial charge in [-0.25, -0.2) is 27.2 Å². The van der Waals surface area contributed by atoms with Crippen molar-refractivity contribution < 1.29 is 17.9 Å². The second-order valence-electron chi connectivity index (χ2n) is 5.87. The number of ether oxygens (including phenoxy) is 1. The highest BCUT2D eigenvalue weighted by atomic mass is 32.2. The fourth-order valence-electron chi connectivity index (χ4n) is 2.29. The lowest BCUT2D eigenvalue weighted by molar-refractivity contribution is 0.0472. The number of rotatable bonds is 6. The van der Waals surface area contributed by atoms with Crippen molar-refractivity contribution in [3.8, 4) is 5.82 Å². The molecule has 0 spiro atoms. The smallest absolute Gasteiger partial charge is 0.340 e. The predicted molar refractivity (Wildman–Crippen MR) is 97.8 cm³/mol. The maximum absolute atomic E-state index is 12.2. The van der Waals surface area contributed by atoms with Crippen LogP contribution in [0.4, 0.5) is 0 Å². The van der Waals surface area contributed by atoms with Crippen molar-refractivity contribution in [3.63, 3.8) is 0 Å². The second-order valence-corrected chi connectivity index (χ2v) is 8.02. The maximum Gasteiger partial charge on any atom is 0.340 e. The number of aromatic nitrogens is 3. The van der Waals surface area contributed by atoms with E-state index in [9.17, 15) is 13.2 Å². The summed E-state index contributed by atoms with van der Waals surface area (Å²) < 4.78 is 32.3. The average Bonchev–Trinajstić information content (AvgIpc) is 3.21. The van der Waals surface area contributed by atoms with Crippen LogP contribution >= 0.6 is 0 Å². The van der Waals surface area contributed by atoms with Gasteiger partial charge in [-0.3, -0.25) is 0 Å². The molecule has 0 saturated carbocycles. The van der Waals surface area contributed by atoms with Crippen LogP contribution in [0.1, 0.15) is 15.9 Å². The number of hydrogen-bond donors (Lipinski definition) is 0.